The second-order valence-corrected chi connectivity index (χ2v) is 6.86. The van der Waals surface area contributed by atoms with Crippen LogP contribution in [-0.4, -0.2) is 37.3 Å². The lowest BCUT2D eigenvalue weighted by atomic mass is 10.0. The standard InChI is InChI=1S/C12H16FN3O4S.ClH/c13-10-4-1-5-11(12(10)16(17)18)21(19,20)15-6-2-3-9(7-14)8-15;/h1,4-5,9H,2-3,6-8,14H2;1H. The Balaban J connectivity index is 0.00000242. The van der Waals surface area contributed by atoms with E-state index in [1.165, 1.54) is 0 Å². The molecule has 1 atom stereocenters. The zero-order valence-corrected chi connectivity index (χ0v) is 13.3. The van der Waals surface area contributed by atoms with Gasteiger partial charge in [0.2, 0.25) is 15.8 Å². The van der Waals surface area contributed by atoms with Crippen molar-refractivity contribution < 1.29 is 17.7 Å². The first-order valence-corrected chi connectivity index (χ1v) is 7.95. The quantitative estimate of drug-likeness (QED) is 0.652. The fourth-order valence-electron chi connectivity index (χ4n) is 2.46. The van der Waals surface area contributed by atoms with Gasteiger partial charge in [-0.3, -0.25) is 10.1 Å². The lowest BCUT2D eigenvalue weighted by Gasteiger charge is -2.31. The van der Waals surface area contributed by atoms with E-state index in [0.29, 0.717) is 13.0 Å². The minimum Gasteiger partial charge on any atom is -0.330 e. The molecule has 1 aromatic carbocycles. The van der Waals surface area contributed by atoms with Crippen LogP contribution in [0.4, 0.5) is 10.1 Å². The van der Waals surface area contributed by atoms with Crippen LogP contribution in [-0.2, 0) is 10.0 Å². The maximum atomic E-state index is 13.6. The summed E-state index contributed by atoms with van der Waals surface area (Å²) in [6.07, 6.45) is 1.44. The van der Waals surface area contributed by atoms with Crippen LogP contribution in [0, 0.1) is 21.8 Å². The topological polar surface area (TPSA) is 107 Å². The van der Waals surface area contributed by atoms with Crippen molar-refractivity contribution in [1.29, 1.82) is 0 Å². The normalized spacial score (nSPS) is 19.5. The second-order valence-electron chi connectivity index (χ2n) is 4.95. The summed E-state index contributed by atoms with van der Waals surface area (Å²) in [6, 6.07) is 3.08. The first-order valence-electron chi connectivity index (χ1n) is 6.51. The van der Waals surface area contributed by atoms with Gasteiger partial charge in [0.25, 0.3) is 0 Å². The molecule has 124 valence electrons. The van der Waals surface area contributed by atoms with Crippen LogP contribution < -0.4 is 5.73 Å². The summed E-state index contributed by atoms with van der Waals surface area (Å²) in [5.41, 5.74) is 4.55. The Bertz CT molecular complexity index is 656. The molecule has 1 aliphatic rings. The number of sulfonamides is 1. The molecule has 1 heterocycles. The molecule has 0 spiro atoms. The number of para-hydroxylation sites is 1. The van der Waals surface area contributed by atoms with Crippen molar-refractivity contribution in [2.45, 2.75) is 17.7 Å². The van der Waals surface area contributed by atoms with E-state index in [2.05, 4.69) is 0 Å². The highest BCUT2D eigenvalue weighted by atomic mass is 35.5. The molecule has 10 heteroatoms. The van der Waals surface area contributed by atoms with E-state index in [-0.39, 0.29) is 31.4 Å². The van der Waals surface area contributed by atoms with Crippen molar-refractivity contribution in [3.63, 3.8) is 0 Å². The molecule has 0 aromatic heterocycles. The third kappa shape index (κ3) is 3.54. The average molecular weight is 354 g/mol. The minimum atomic E-state index is -4.11. The number of hydrogen-bond acceptors (Lipinski definition) is 5. The van der Waals surface area contributed by atoms with Gasteiger partial charge in [-0.1, -0.05) is 6.07 Å². The van der Waals surface area contributed by atoms with E-state index in [1.54, 1.807) is 0 Å². The van der Waals surface area contributed by atoms with Crippen LogP contribution in [0.3, 0.4) is 0 Å². The highest BCUT2D eigenvalue weighted by Gasteiger charge is 2.36. The van der Waals surface area contributed by atoms with Crippen molar-refractivity contribution in [2.24, 2.45) is 11.7 Å². The minimum absolute atomic E-state index is 0. The maximum Gasteiger partial charge on any atom is 0.324 e. The predicted octanol–water partition coefficient (Wildman–Crippen LogP) is 1.52. The summed E-state index contributed by atoms with van der Waals surface area (Å²) in [5.74, 6) is -1.14. The molecule has 1 aliphatic heterocycles. The summed E-state index contributed by atoms with van der Waals surface area (Å²) in [7, 11) is -4.11. The van der Waals surface area contributed by atoms with Gasteiger partial charge >= 0.3 is 5.69 Å². The van der Waals surface area contributed by atoms with E-state index in [9.17, 15) is 22.9 Å². The summed E-state index contributed by atoms with van der Waals surface area (Å²) >= 11 is 0. The van der Waals surface area contributed by atoms with Crippen LogP contribution in [0.5, 0.6) is 0 Å². The van der Waals surface area contributed by atoms with Crippen molar-refractivity contribution in [3.05, 3.63) is 34.1 Å². The van der Waals surface area contributed by atoms with Crippen LogP contribution in [0.2, 0.25) is 0 Å². The van der Waals surface area contributed by atoms with Crippen LogP contribution >= 0.6 is 12.4 Å². The number of piperidine rings is 1. The van der Waals surface area contributed by atoms with E-state index in [0.717, 1.165) is 28.9 Å². The lowest BCUT2D eigenvalue weighted by molar-refractivity contribution is -0.390. The molecule has 0 saturated carbocycles. The fraction of sp³-hybridized carbons (Fsp3) is 0.500. The van der Waals surface area contributed by atoms with Crippen LogP contribution in [0.15, 0.2) is 23.1 Å². The average Bonchev–Trinajstić information content (AvgIpc) is 2.46. The fourth-order valence-corrected chi connectivity index (χ4v) is 4.18. The third-order valence-electron chi connectivity index (χ3n) is 3.57. The summed E-state index contributed by atoms with van der Waals surface area (Å²) in [4.78, 5) is 9.34. The van der Waals surface area contributed by atoms with Gasteiger partial charge in [0.15, 0.2) is 4.90 Å². The Morgan fingerprint density at radius 2 is 2.14 bits per heavy atom. The van der Waals surface area contributed by atoms with E-state index in [1.807, 2.05) is 0 Å². The number of nitrogens with zero attached hydrogens (tertiary/aromatic N) is 2. The first kappa shape index (κ1) is 18.8. The van der Waals surface area contributed by atoms with E-state index >= 15 is 0 Å². The molecular weight excluding hydrogens is 337 g/mol. The predicted molar refractivity (Wildman–Crippen MR) is 80.8 cm³/mol. The molecule has 1 saturated heterocycles. The monoisotopic (exact) mass is 353 g/mol. The molecule has 2 rings (SSSR count). The Morgan fingerprint density at radius 1 is 1.45 bits per heavy atom. The summed E-state index contributed by atoms with van der Waals surface area (Å²) < 4.78 is 39.8. The van der Waals surface area contributed by atoms with Gasteiger partial charge in [0, 0.05) is 13.1 Å². The number of nitro benzene ring substituents is 1. The molecule has 0 aliphatic carbocycles. The Morgan fingerprint density at radius 3 is 2.73 bits per heavy atom. The molecule has 1 fully saturated rings. The van der Waals surface area contributed by atoms with Gasteiger partial charge in [0.1, 0.15) is 0 Å². The van der Waals surface area contributed by atoms with Crippen molar-refractivity contribution in [2.75, 3.05) is 19.6 Å². The number of hydrogen-bond donors (Lipinski definition) is 1. The summed E-state index contributed by atoms with van der Waals surface area (Å²) in [6.45, 7) is 0.802. The maximum absolute atomic E-state index is 13.6. The van der Waals surface area contributed by atoms with Gasteiger partial charge in [-0.2, -0.15) is 8.70 Å². The first-order chi connectivity index (χ1) is 9.87. The van der Waals surface area contributed by atoms with Gasteiger partial charge in [-0.05, 0) is 37.4 Å². The zero-order valence-electron chi connectivity index (χ0n) is 11.6. The number of halogens is 2. The highest BCUT2D eigenvalue weighted by Crippen LogP contribution is 2.31. The number of benzene rings is 1. The highest BCUT2D eigenvalue weighted by molar-refractivity contribution is 7.89. The Kier molecular flexibility index (Phi) is 6.24. The smallest absolute Gasteiger partial charge is 0.324 e. The van der Waals surface area contributed by atoms with Crippen molar-refractivity contribution >= 4 is 28.1 Å². The summed E-state index contributed by atoms with van der Waals surface area (Å²) in [5, 5.41) is 11.0. The van der Waals surface area contributed by atoms with E-state index in [4.69, 9.17) is 5.73 Å². The number of rotatable bonds is 4. The van der Waals surface area contributed by atoms with Crippen molar-refractivity contribution in [1.82, 2.24) is 4.31 Å². The largest absolute Gasteiger partial charge is 0.330 e. The number of nitro groups is 1. The molecule has 0 amide bonds. The number of nitrogens with two attached hydrogens (primary N) is 1. The Labute approximate surface area is 133 Å². The molecule has 22 heavy (non-hydrogen) atoms. The lowest BCUT2D eigenvalue weighted by Crippen LogP contribution is -2.42. The molecule has 0 bridgehead atoms. The molecule has 0 radical (unpaired) electrons. The molecule has 1 aromatic rings. The van der Waals surface area contributed by atoms with Gasteiger partial charge in [-0.25, -0.2) is 8.42 Å². The van der Waals surface area contributed by atoms with Crippen LogP contribution in [0.25, 0.3) is 0 Å². The zero-order chi connectivity index (χ0) is 15.6. The van der Waals surface area contributed by atoms with Gasteiger partial charge < -0.3 is 5.73 Å². The Hall–Kier alpha value is -1.29. The SMILES string of the molecule is Cl.NCC1CCCN(S(=O)(=O)c2cccc(F)c2[N+](=O)[O-])C1. The third-order valence-corrected chi connectivity index (χ3v) is 5.46. The van der Waals surface area contributed by atoms with Gasteiger partial charge in [0.05, 0.1) is 4.92 Å². The molecule has 7 nitrogen and oxygen atoms in total. The molecular formula is C12H17ClFN3O4S. The molecule has 1 unspecified atom stereocenters. The second kappa shape index (κ2) is 7.32. The van der Waals surface area contributed by atoms with E-state index < -0.39 is 31.3 Å². The molecule has 2 N–H and O–H groups in total. The van der Waals surface area contributed by atoms with Gasteiger partial charge in [-0.15, -0.1) is 12.4 Å². The van der Waals surface area contributed by atoms with Crippen molar-refractivity contribution in [3.8, 4) is 0 Å². The van der Waals surface area contributed by atoms with Crippen LogP contribution in [0.1, 0.15) is 12.8 Å².